The average molecular weight is 308 g/mol. The Balaban J connectivity index is 2.38. The Morgan fingerprint density at radius 1 is 1.67 bits per heavy atom. The molecular weight excluding hydrogens is 288 g/mol. The minimum absolute atomic E-state index is 0.230. The summed E-state index contributed by atoms with van der Waals surface area (Å²) in [7, 11) is 0. The van der Waals surface area contributed by atoms with Crippen LogP contribution in [0.4, 0.5) is 10.7 Å². The number of anilines is 2. The van der Waals surface area contributed by atoms with E-state index in [9.17, 15) is 15.2 Å². The standard InChI is InChI=1S/C14H20N4O2S/c1-3-17-12(19)11-10(16)9(7-15)13(21-11)18-6-4-5-14(2,20)8-18/h20H,3-6,8,16H2,1-2H3,(H,17,19). The van der Waals surface area contributed by atoms with Gasteiger partial charge < -0.3 is 21.1 Å². The summed E-state index contributed by atoms with van der Waals surface area (Å²) in [5.74, 6) is -0.258. The first-order chi connectivity index (χ1) is 9.89. The molecule has 21 heavy (non-hydrogen) atoms. The van der Waals surface area contributed by atoms with Crippen LogP contribution < -0.4 is 16.0 Å². The van der Waals surface area contributed by atoms with E-state index in [2.05, 4.69) is 11.4 Å². The fraction of sp³-hybridized carbons (Fsp3) is 0.571. The van der Waals surface area contributed by atoms with E-state index in [1.165, 1.54) is 11.3 Å². The molecule has 0 radical (unpaired) electrons. The van der Waals surface area contributed by atoms with E-state index in [1.807, 2.05) is 11.8 Å². The molecule has 2 rings (SSSR count). The third-order valence-corrected chi connectivity index (χ3v) is 4.81. The van der Waals surface area contributed by atoms with Gasteiger partial charge in [-0.2, -0.15) is 5.26 Å². The SMILES string of the molecule is CCNC(=O)c1sc(N2CCCC(C)(O)C2)c(C#N)c1N. The van der Waals surface area contributed by atoms with Gasteiger partial charge in [0, 0.05) is 19.6 Å². The number of aliphatic hydroxyl groups is 1. The molecule has 2 heterocycles. The van der Waals surface area contributed by atoms with Gasteiger partial charge in [0.1, 0.15) is 21.5 Å². The Labute approximate surface area is 128 Å². The first-order valence-electron chi connectivity index (χ1n) is 6.97. The van der Waals surface area contributed by atoms with Crippen molar-refractivity contribution in [1.29, 1.82) is 5.26 Å². The van der Waals surface area contributed by atoms with Gasteiger partial charge in [0.25, 0.3) is 5.91 Å². The number of nitrogens with zero attached hydrogens (tertiary/aromatic N) is 2. The lowest BCUT2D eigenvalue weighted by Gasteiger charge is -2.37. The van der Waals surface area contributed by atoms with Crippen molar-refractivity contribution in [3.8, 4) is 6.07 Å². The van der Waals surface area contributed by atoms with Crippen LogP contribution in [0.3, 0.4) is 0 Å². The molecule has 1 amide bonds. The first kappa shape index (κ1) is 15.6. The zero-order valence-electron chi connectivity index (χ0n) is 12.3. The minimum Gasteiger partial charge on any atom is -0.396 e. The number of nitrogens with one attached hydrogen (secondary N) is 1. The van der Waals surface area contributed by atoms with E-state index < -0.39 is 5.60 Å². The Bertz CT molecular complexity index is 589. The highest BCUT2D eigenvalue weighted by molar-refractivity contribution is 7.19. The second-order valence-electron chi connectivity index (χ2n) is 5.52. The quantitative estimate of drug-likeness (QED) is 0.781. The van der Waals surface area contributed by atoms with E-state index in [-0.39, 0.29) is 11.6 Å². The molecule has 1 atom stereocenters. The van der Waals surface area contributed by atoms with Gasteiger partial charge in [-0.3, -0.25) is 4.79 Å². The number of piperidine rings is 1. The summed E-state index contributed by atoms with van der Waals surface area (Å²) in [5.41, 5.74) is 5.74. The maximum Gasteiger partial charge on any atom is 0.263 e. The van der Waals surface area contributed by atoms with Gasteiger partial charge in [-0.05, 0) is 26.7 Å². The Kier molecular flexibility index (Phi) is 4.40. The summed E-state index contributed by atoms with van der Waals surface area (Å²) in [6.07, 6.45) is 1.57. The highest BCUT2D eigenvalue weighted by atomic mass is 32.1. The van der Waals surface area contributed by atoms with Gasteiger partial charge >= 0.3 is 0 Å². The molecule has 6 nitrogen and oxygen atoms in total. The molecule has 1 aliphatic rings. The van der Waals surface area contributed by atoms with Crippen molar-refractivity contribution in [2.75, 3.05) is 30.3 Å². The number of hydrogen-bond donors (Lipinski definition) is 3. The number of nitrogen functional groups attached to an aromatic ring is 1. The second-order valence-corrected chi connectivity index (χ2v) is 6.52. The highest BCUT2D eigenvalue weighted by Crippen LogP contribution is 2.39. The van der Waals surface area contributed by atoms with Gasteiger partial charge in [0.15, 0.2) is 0 Å². The number of carbonyl (C=O) groups excluding carboxylic acids is 1. The van der Waals surface area contributed by atoms with Crippen LogP contribution in [0, 0.1) is 11.3 Å². The predicted molar refractivity (Wildman–Crippen MR) is 83.5 cm³/mol. The molecule has 0 aliphatic carbocycles. The topological polar surface area (TPSA) is 102 Å². The van der Waals surface area contributed by atoms with Gasteiger partial charge in [-0.15, -0.1) is 11.3 Å². The summed E-state index contributed by atoms with van der Waals surface area (Å²) in [4.78, 5) is 14.3. The van der Waals surface area contributed by atoms with Crippen molar-refractivity contribution in [3.05, 3.63) is 10.4 Å². The van der Waals surface area contributed by atoms with Crippen molar-refractivity contribution >= 4 is 27.9 Å². The molecule has 0 spiro atoms. The fourth-order valence-electron chi connectivity index (χ4n) is 2.57. The molecule has 1 aromatic rings. The smallest absolute Gasteiger partial charge is 0.263 e. The van der Waals surface area contributed by atoms with Crippen LogP contribution in [-0.2, 0) is 0 Å². The molecule has 0 aromatic carbocycles. The van der Waals surface area contributed by atoms with Crippen LogP contribution in [-0.4, -0.2) is 36.2 Å². The van der Waals surface area contributed by atoms with Crippen LogP contribution in [0.1, 0.15) is 41.9 Å². The number of nitriles is 1. The Morgan fingerprint density at radius 2 is 2.38 bits per heavy atom. The van der Waals surface area contributed by atoms with Crippen LogP contribution in [0.25, 0.3) is 0 Å². The molecule has 7 heteroatoms. The van der Waals surface area contributed by atoms with Crippen molar-refractivity contribution in [2.45, 2.75) is 32.3 Å². The first-order valence-corrected chi connectivity index (χ1v) is 7.79. The van der Waals surface area contributed by atoms with Crippen LogP contribution in [0.15, 0.2) is 0 Å². The number of amides is 1. The number of nitrogens with two attached hydrogens (primary N) is 1. The lowest BCUT2D eigenvalue weighted by molar-refractivity contribution is 0.0451. The highest BCUT2D eigenvalue weighted by Gasteiger charge is 2.32. The van der Waals surface area contributed by atoms with E-state index in [0.717, 1.165) is 19.4 Å². The van der Waals surface area contributed by atoms with E-state index in [4.69, 9.17) is 5.73 Å². The van der Waals surface area contributed by atoms with Gasteiger partial charge in [0.2, 0.25) is 0 Å². The summed E-state index contributed by atoms with van der Waals surface area (Å²) in [6.45, 7) is 5.31. The molecular formula is C14H20N4O2S. The van der Waals surface area contributed by atoms with Gasteiger partial charge in [0.05, 0.1) is 11.3 Å². The monoisotopic (exact) mass is 308 g/mol. The maximum absolute atomic E-state index is 12.0. The molecule has 1 saturated heterocycles. The molecule has 1 fully saturated rings. The van der Waals surface area contributed by atoms with Crippen LogP contribution in [0.2, 0.25) is 0 Å². The van der Waals surface area contributed by atoms with E-state index in [0.29, 0.717) is 28.5 Å². The zero-order chi connectivity index (χ0) is 15.6. The lowest BCUT2D eigenvalue weighted by atomic mass is 9.95. The molecule has 0 saturated carbocycles. The third kappa shape index (κ3) is 3.12. The van der Waals surface area contributed by atoms with Crippen LogP contribution >= 0.6 is 11.3 Å². The number of thiophene rings is 1. The Morgan fingerprint density at radius 3 is 2.95 bits per heavy atom. The van der Waals surface area contributed by atoms with Crippen LogP contribution in [0.5, 0.6) is 0 Å². The average Bonchev–Trinajstić information content (AvgIpc) is 2.75. The van der Waals surface area contributed by atoms with Crippen molar-refractivity contribution < 1.29 is 9.90 Å². The lowest BCUT2D eigenvalue weighted by Crippen LogP contribution is -2.46. The summed E-state index contributed by atoms with van der Waals surface area (Å²) in [5, 5.41) is 22.9. The maximum atomic E-state index is 12.0. The second kappa shape index (κ2) is 5.92. The van der Waals surface area contributed by atoms with Crippen molar-refractivity contribution in [3.63, 3.8) is 0 Å². The minimum atomic E-state index is -0.782. The normalized spacial score (nSPS) is 21.9. The number of β-amino-alcohol motifs (C(OH)–C–C–N with tert-alkyl or cyclic N) is 1. The molecule has 4 N–H and O–H groups in total. The summed E-state index contributed by atoms with van der Waals surface area (Å²) in [6, 6.07) is 2.09. The fourth-order valence-corrected chi connectivity index (χ4v) is 3.68. The number of carbonyl (C=O) groups is 1. The number of hydrogen-bond acceptors (Lipinski definition) is 6. The van der Waals surface area contributed by atoms with Crippen molar-refractivity contribution in [2.24, 2.45) is 0 Å². The molecule has 0 bridgehead atoms. The zero-order valence-corrected chi connectivity index (χ0v) is 13.1. The molecule has 1 aromatic heterocycles. The van der Waals surface area contributed by atoms with Gasteiger partial charge in [-0.25, -0.2) is 0 Å². The van der Waals surface area contributed by atoms with E-state index in [1.54, 1.807) is 6.92 Å². The summed E-state index contributed by atoms with van der Waals surface area (Å²) < 4.78 is 0. The summed E-state index contributed by atoms with van der Waals surface area (Å²) >= 11 is 1.22. The van der Waals surface area contributed by atoms with E-state index >= 15 is 0 Å². The van der Waals surface area contributed by atoms with Crippen molar-refractivity contribution in [1.82, 2.24) is 5.32 Å². The number of rotatable bonds is 3. The largest absolute Gasteiger partial charge is 0.396 e. The molecule has 1 aliphatic heterocycles. The predicted octanol–water partition coefficient (Wildman–Crippen LogP) is 1.30. The van der Waals surface area contributed by atoms with Gasteiger partial charge in [-0.1, -0.05) is 0 Å². The Hall–Kier alpha value is -1.78. The molecule has 1 unspecified atom stereocenters. The molecule has 114 valence electrons. The third-order valence-electron chi connectivity index (χ3n) is 3.54.